The Hall–Kier alpha value is -3.41. The lowest BCUT2D eigenvalue weighted by Gasteiger charge is -2.40. The molecule has 194 valence electrons. The summed E-state index contributed by atoms with van der Waals surface area (Å²) in [4.78, 5) is 22.6. The molecule has 0 bridgehead atoms. The van der Waals surface area contributed by atoms with Crippen LogP contribution in [0, 0.1) is 11.3 Å². The molecule has 1 amide bonds. The van der Waals surface area contributed by atoms with Gasteiger partial charge < -0.3 is 19.7 Å². The third kappa shape index (κ3) is 5.34. The van der Waals surface area contributed by atoms with E-state index in [0.717, 1.165) is 87.0 Å². The molecule has 2 fully saturated rings. The van der Waals surface area contributed by atoms with E-state index in [0.29, 0.717) is 35.8 Å². The van der Waals surface area contributed by atoms with Crippen molar-refractivity contribution >= 4 is 17.2 Å². The van der Waals surface area contributed by atoms with Crippen molar-refractivity contribution in [2.75, 3.05) is 58.4 Å². The number of carbonyl (C=O) groups is 1. The molecule has 8 nitrogen and oxygen atoms in total. The number of piperidine rings is 1. The highest BCUT2D eigenvalue weighted by molar-refractivity contribution is 5.95. The number of ether oxygens (including phenoxy) is 2. The number of hydrogen-bond acceptors (Lipinski definition) is 7. The minimum atomic E-state index is 0.0606. The van der Waals surface area contributed by atoms with Crippen molar-refractivity contribution in [3.63, 3.8) is 0 Å². The summed E-state index contributed by atoms with van der Waals surface area (Å²) in [5.41, 5.74) is 6.01. The molecule has 3 aliphatic rings. The van der Waals surface area contributed by atoms with Gasteiger partial charge in [-0.05, 0) is 38.0 Å². The van der Waals surface area contributed by atoms with Crippen LogP contribution in [0.1, 0.15) is 52.6 Å². The molecule has 2 aromatic rings. The first kappa shape index (κ1) is 25.2. The van der Waals surface area contributed by atoms with Crippen molar-refractivity contribution in [2.45, 2.75) is 38.6 Å². The van der Waals surface area contributed by atoms with E-state index >= 15 is 0 Å². The fourth-order valence-corrected chi connectivity index (χ4v) is 5.70. The Kier molecular flexibility index (Phi) is 7.73. The van der Waals surface area contributed by atoms with Gasteiger partial charge in [-0.15, -0.1) is 0 Å². The summed E-state index contributed by atoms with van der Waals surface area (Å²) in [6.45, 7) is 7.94. The van der Waals surface area contributed by atoms with E-state index in [4.69, 9.17) is 14.5 Å². The van der Waals surface area contributed by atoms with Crippen molar-refractivity contribution in [2.24, 2.45) is 0 Å². The van der Waals surface area contributed by atoms with E-state index in [2.05, 4.69) is 16.3 Å². The molecular weight excluding hydrogens is 466 g/mol. The molecule has 1 aromatic carbocycles. The van der Waals surface area contributed by atoms with Gasteiger partial charge in [-0.2, -0.15) is 5.26 Å². The quantitative estimate of drug-likeness (QED) is 0.621. The number of likely N-dealkylation sites (tertiary alicyclic amines) is 1. The first-order valence-electron chi connectivity index (χ1n) is 13.3. The maximum absolute atomic E-state index is 13.3. The highest BCUT2D eigenvalue weighted by atomic mass is 16.5. The topological polar surface area (TPSA) is 90.7 Å². The predicted octanol–water partition coefficient (Wildman–Crippen LogP) is 3.51. The van der Waals surface area contributed by atoms with Crippen LogP contribution < -0.4 is 10.1 Å². The fraction of sp³-hybridized carbons (Fsp3) is 0.483. The number of morpholine rings is 1. The number of aromatic nitrogens is 1. The first-order valence-corrected chi connectivity index (χ1v) is 13.3. The maximum Gasteiger partial charge on any atom is 0.253 e. The number of nitrogens with one attached hydrogen (secondary N) is 1. The van der Waals surface area contributed by atoms with Crippen LogP contribution in [-0.4, -0.2) is 79.8 Å². The van der Waals surface area contributed by atoms with Gasteiger partial charge in [-0.25, -0.2) is 0 Å². The standard InChI is InChI=1S/C29H35N5O3/c1-3-31-26-18-23(32-25-7-6-22(19-30)28(25)26)16-20-4-5-21(17-27(20)36-2)29(35)34-10-8-24(9-11-34)33-12-14-37-15-13-33/h4-6,17-18,24H,3,7-16H2,1-2H3,(H,31,32). The molecule has 37 heavy (non-hydrogen) atoms. The number of allylic oxidation sites excluding steroid dienone is 2. The summed E-state index contributed by atoms with van der Waals surface area (Å²) in [6.07, 6.45) is 5.18. The summed E-state index contributed by atoms with van der Waals surface area (Å²) in [5, 5.41) is 12.9. The van der Waals surface area contributed by atoms with Gasteiger partial charge in [0, 0.05) is 79.7 Å². The van der Waals surface area contributed by atoms with Gasteiger partial charge in [0.15, 0.2) is 0 Å². The maximum atomic E-state index is 13.3. The number of anilines is 1. The Morgan fingerprint density at radius 2 is 2.00 bits per heavy atom. The van der Waals surface area contributed by atoms with Gasteiger partial charge in [-0.3, -0.25) is 14.7 Å². The van der Waals surface area contributed by atoms with Gasteiger partial charge in [0.1, 0.15) is 5.75 Å². The minimum Gasteiger partial charge on any atom is -0.496 e. The monoisotopic (exact) mass is 501 g/mol. The second-order valence-corrected chi connectivity index (χ2v) is 9.82. The van der Waals surface area contributed by atoms with Gasteiger partial charge in [0.05, 0.1) is 37.7 Å². The molecule has 1 aliphatic carbocycles. The van der Waals surface area contributed by atoms with Crippen LogP contribution in [0.15, 0.2) is 30.3 Å². The van der Waals surface area contributed by atoms with E-state index in [-0.39, 0.29) is 5.91 Å². The molecule has 0 spiro atoms. The molecule has 0 atom stereocenters. The number of benzene rings is 1. The molecule has 1 N–H and O–H groups in total. The van der Waals surface area contributed by atoms with Crippen LogP contribution in [0.5, 0.6) is 5.75 Å². The normalized spacial score (nSPS) is 18.2. The van der Waals surface area contributed by atoms with Crippen LogP contribution in [-0.2, 0) is 17.6 Å². The number of fused-ring (bicyclic) bond motifs is 1. The molecule has 0 unspecified atom stereocenters. The van der Waals surface area contributed by atoms with Gasteiger partial charge in [0.2, 0.25) is 0 Å². The number of amides is 1. The number of hydrogen-bond donors (Lipinski definition) is 1. The molecule has 0 saturated carbocycles. The molecule has 3 heterocycles. The fourth-order valence-electron chi connectivity index (χ4n) is 5.70. The van der Waals surface area contributed by atoms with Crippen molar-refractivity contribution in [3.05, 3.63) is 58.4 Å². The van der Waals surface area contributed by atoms with Crippen molar-refractivity contribution in [1.82, 2.24) is 14.8 Å². The van der Waals surface area contributed by atoms with E-state index in [1.807, 2.05) is 42.2 Å². The molecular formula is C29H35N5O3. The number of nitriles is 1. The summed E-state index contributed by atoms with van der Waals surface area (Å²) in [5.74, 6) is 0.752. The highest BCUT2D eigenvalue weighted by Gasteiger charge is 2.29. The summed E-state index contributed by atoms with van der Waals surface area (Å²) in [6, 6.07) is 10.6. The smallest absolute Gasteiger partial charge is 0.253 e. The van der Waals surface area contributed by atoms with Crippen LogP contribution in [0.2, 0.25) is 0 Å². The van der Waals surface area contributed by atoms with E-state index in [9.17, 15) is 10.1 Å². The number of pyridine rings is 1. The zero-order valence-corrected chi connectivity index (χ0v) is 21.8. The predicted molar refractivity (Wildman–Crippen MR) is 143 cm³/mol. The number of rotatable bonds is 7. The summed E-state index contributed by atoms with van der Waals surface area (Å²) >= 11 is 0. The Bertz CT molecular complexity index is 1220. The Balaban J connectivity index is 1.29. The minimum absolute atomic E-state index is 0.0606. The van der Waals surface area contributed by atoms with Crippen LogP contribution in [0.3, 0.4) is 0 Å². The van der Waals surface area contributed by atoms with E-state index in [1.165, 1.54) is 0 Å². The molecule has 1 aromatic heterocycles. The average molecular weight is 502 g/mol. The van der Waals surface area contributed by atoms with E-state index < -0.39 is 0 Å². The Labute approximate surface area is 218 Å². The van der Waals surface area contributed by atoms with Crippen LogP contribution in [0.25, 0.3) is 5.57 Å². The first-order chi connectivity index (χ1) is 18.1. The SMILES string of the molecule is CCNc1cc(Cc2ccc(C(=O)N3CCC(N4CCOCC4)CC3)cc2OC)nc2c1C(C#N)=CC2. The third-order valence-electron chi connectivity index (χ3n) is 7.62. The zero-order valence-electron chi connectivity index (χ0n) is 21.8. The number of methoxy groups -OCH3 is 1. The summed E-state index contributed by atoms with van der Waals surface area (Å²) in [7, 11) is 1.64. The lowest BCUT2D eigenvalue weighted by molar-refractivity contribution is 0.00158. The van der Waals surface area contributed by atoms with Crippen LogP contribution >= 0.6 is 0 Å². The zero-order chi connectivity index (χ0) is 25.8. The van der Waals surface area contributed by atoms with Gasteiger partial charge >= 0.3 is 0 Å². The third-order valence-corrected chi connectivity index (χ3v) is 7.62. The van der Waals surface area contributed by atoms with Crippen molar-refractivity contribution < 1.29 is 14.3 Å². The average Bonchev–Trinajstić information content (AvgIpc) is 3.37. The highest BCUT2D eigenvalue weighted by Crippen LogP contribution is 2.34. The van der Waals surface area contributed by atoms with E-state index in [1.54, 1.807) is 7.11 Å². The van der Waals surface area contributed by atoms with Crippen molar-refractivity contribution in [1.29, 1.82) is 5.26 Å². The number of nitrogens with zero attached hydrogens (tertiary/aromatic N) is 4. The Morgan fingerprint density at radius 3 is 2.70 bits per heavy atom. The molecule has 0 radical (unpaired) electrons. The lowest BCUT2D eigenvalue weighted by Crippen LogP contribution is -2.50. The molecule has 8 heteroatoms. The molecule has 2 aliphatic heterocycles. The van der Waals surface area contributed by atoms with Gasteiger partial charge in [-0.1, -0.05) is 12.1 Å². The number of carbonyl (C=O) groups excluding carboxylic acids is 1. The molecule has 5 rings (SSSR count). The van der Waals surface area contributed by atoms with Crippen molar-refractivity contribution in [3.8, 4) is 11.8 Å². The Morgan fingerprint density at radius 1 is 1.22 bits per heavy atom. The largest absolute Gasteiger partial charge is 0.496 e. The summed E-state index contributed by atoms with van der Waals surface area (Å²) < 4.78 is 11.2. The second-order valence-electron chi connectivity index (χ2n) is 9.82. The van der Waals surface area contributed by atoms with Gasteiger partial charge in [0.25, 0.3) is 5.91 Å². The van der Waals surface area contributed by atoms with Crippen LogP contribution in [0.4, 0.5) is 5.69 Å². The lowest BCUT2D eigenvalue weighted by atomic mass is 10.00. The second kappa shape index (κ2) is 11.3. The molecule has 2 saturated heterocycles.